The summed E-state index contributed by atoms with van der Waals surface area (Å²) in [4.78, 5) is 13.8. The molecule has 0 aromatic rings. The second kappa shape index (κ2) is 8.47. The van der Waals surface area contributed by atoms with Crippen LogP contribution in [0.1, 0.15) is 26.7 Å². The van der Waals surface area contributed by atoms with Crippen LogP contribution in [-0.4, -0.2) is 72.1 Å². The van der Waals surface area contributed by atoms with Gasteiger partial charge in [-0.05, 0) is 20.4 Å². The fourth-order valence-corrected chi connectivity index (χ4v) is 2.79. The van der Waals surface area contributed by atoms with Crippen molar-refractivity contribution in [3.05, 3.63) is 12.3 Å². The molecule has 3 unspecified atom stereocenters. The molecule has 0 radical (unpaired) electrons. The summed E-state index contributed by atoms with van der Waals surface area (Å²) in [6, 6.07) is -0.203. The Morgan fingerprint density at radius 2 is 2.27 bits per heavy atom. The van der Waals surface area contributed by atoms with Crippen LogP contribution >= 0.6 is 0 Å². The fourth-order valence-electron chi connectivity index (χ4n) is 2.79. The molecule has 1 saturated heterocycles. The van der Waals surface area contributed by atoms with Crippen LogP contribution in [-0.2, 0) is 4.79 Å². The van der Waals surface area contributed by atoms with E-state index in [2.05, 4.69) is 27.4 Å². The predicted octanol–water partition coefficient (Wildman–Crippen LogP) is -0.455. The van der Waals surface area contributed by atoms with Crippen LogP contribution in [0, 0.1) is 0 Å². The smallest absolute Gasteiger partial charge is 0.220 e. The van der Waals surface area contributed by atoms with Gasteiger partial charge < -0.3 is 25.7 Å². The van der Waals surface area contributed by atoms with E-state index in [1.165, 1.54) is 0 Å². The first-order valence-corrected chi connectivity index (χ1v) is 7.77. The molecule has 1 fully saturated rings. The number of carbonyl (C=O) groups excluding carboxylic acids is 1. The number of nitrogens with one attached hydrogen (secondary N) is 3. The van der Waals surface area contributed by atoms with Crippen molar-refractivity contribution in [1.82, 2.24) is 20.9 Å². The van der Waals surface area contributed by atoms with Gasteiger partial charge in [-0.2, -0.15) is 0 Å². The van der Waals surface area contributed by atoms with E-state index in [4.69, 9.17) is 5.11 Å². The van der Waals surface area contributed by atoms with E-state index < -0.39 is 6.23 Å². The number of hydrogen-bond acceptors (Lipinski definition) is 6. The molecule has 1 rings (SSSR count). The Bertz CT molecular complexity index is 391. The SMILES string of the molecule is C=C(O)CNC(O)C1CN(C)CC(C)(CNC(=O)CCC)N1. The number of rotatable bonds is 8. The van der Waals surface area contributed by atoms with Crippen LogP contribution < -0.4 is 16.0 Å². The quantitative estimate of drug-likeness (QED) is 0.307. The molecule has 1 aliphatic rings. The highest BCUT2D eigenvalue weighted by Gasteiger charge is 2.37. The van der Waals surface area contributed by atoms with E-state index in [0.29, 0.717) is 19.5 Å². The fraction of sp³-hybridized carbons (Fsp3) is 0.800. The van der Waals surface area contributed by atoms with Crippen molar-refractivity contribution in [2.24, 2.45) is 0 Å². The van der Waals surface area contributed by atoms with Gasteiger partial charge in [0, 0.05) is 31.6 Å². The standard InChI is InChI=1S/C15H30N4O3/c1-5-6-13(21)17-9-15(3)10-19(4)8-12(18-15)14(22)16-7-11(2)20/h12,14,16,18,20,22H,2,5-10H2,1,3-4H3,(H,17,21). The number of aliphatic hydroxyl groups excluding tert-OH is 2. The first-order chi connectivity index (χ1) is 10.3. The van der Waals surface area contributed by atoms with Crippen LogP contribution in [0.4, 0.5) is 0 Å². The van der Waals surface area contributed by atoms with Gasteiger partial charge in [-0.1, -0.05) is 13.5 Å². The van der Waals surface area contributed by atoms with Gasteiger partial charge in [0.25, 0.3) is 0 Å². The summed E-state index contributed by atoms with van der Waals surface area (Å²) in [6.45, 7) is 9.48. The van der Waals surface area contributed by atoms with Crippen molar-refractivity contribution in [3.63, 3.8) is 0 Å². The van der Waals surface area contributed by atoms with Crippen molar-refractivity contribution in [3.8, 4) is 0 Å². The van der Waals surface area contributed by atoms with Gasteiger partial charge in [0.15, 0.2) is 0 Å². The zero-order valence-corrected chi connectivity index (χ0v) is 13.9. The lowest BCUT2D eigenvalue weighted by atomic mass is 9.95. The number of likely N-dealkylation sites (N-methyl/N-ethyl adjacent to an activating group) is 1. The molecule has 0 spiro atoms. The Kier molecular flexibility index (Phi) is 7.28. The number of piperazine rings is 1. The highest BCUT2D eigenvalue weighted by Crippen LogP contribution is 2.14. The minimum absolute atomic E-state index is 0.0159. The summed E-state index contributed by atoms with van der Waals surface area (Å²) in [6.07, 6.45) is 0.543. The number of aliphatic hydroxyl groups is 2. The van der Waals surface area contributed by atoms with Gasteiger partial charge in [0.1, 0.15) is 6.23 Å². The maximum atomic E-state index is 11.7. The van der Waals surface area contributed by atoms with Gasteiger partial charge in [-0.15, -0.1) is 0 Å². The average molecular weight is 314 g/mol. The highest BCUT2D eigenvalue weighted by molar-refractivity contribution is 5.75. The largest absolute Gasteiger partial charge is 0.512 e. The molecule has 128 valence electrons. The van der Waals surface area contributed by atoms with Gasteiger partial charge in [-0.3, -0.25) is 10.1 Å². The third-order valence-electron chi connectivity index (χ3n) is 3.71. The molecule has 22 heavy (non-hydrogen) atoms. The Balaban J connectivity index is 2.57. The summed E-state index contributed by atoms with van der Waals surface area (Å²) in [5.41, 5.74) is -0.319. The Morgan fingerprint density at radius 3 is 2.86 bits per heavy atom. The Morgan fingerprint density at radius 1 is 1.59 bits per heavy atom. The summed E-state index contributed by atoms with van der Waals surface area (Å²) in [7, 11) is 1.98. The van der Waals surface area contributed by atoms with E-state index in [1.54, 1.807) is 0 Å². The summed E-state index contributed by atoms with van der Waals surface area (Å²) < 4.78 is 0. The van der Waals surface area contributed by atoms with Crippen molar-refractivity contribution in [2.75, 3.05) is 33.2 Å². The lowest BCUT2D eigenvalue weighted by Crippen LogP contribution is -2.70. The molecule has 1 amide bonds. The van der Waals surface area contributed by atoms with E-state index in [9.17, 15) is 9.90 Å². The Hall–Kier alpha value is -1.15. The number of amides is 1. The normalized spacial score (nSPS) is 27.4. The molecular weight excluding hydrogens is 284 g/mol. The second-order valence-electron chi connectivity index (χ2n) is 6.43. The Labute approximate surface area is 132 Å². The van der Waals surface area contributed by atoms with Crippen molar-refractivity contribution in [2.45, 2.75) is 44.5 Å². The van der Waals surface area contributed by atoms with E-state index in [0.717, 1.165) is 13.0 Å². The first kappa shape index (κ1) is 18.9. The number of carbonyl (C=O) groups is 1. The predicted molar refractivity (Wildman–Crippen MR) is 86.5 cm³/mol. The maximum absolute atomic E-state index is 11.7. The van der Waals surface area contributed by atoms with E-state index >= 15 is 0 Å². The average Bonchev–Trinajstić information content (AvgIpc) is 2.42. The van der Waals surface area contributed by atoms with Gasteiger partial charge in [-0.25, -0.2) is 0 Å². The van der Waals surface area contributed by atoms with Crippen LogP contribution in [0.5, 0.6) is 0 Å². The lowest BCUT2D eigenvalue weighted by molar-refractivity contribution is -0.121. The molecule has 7 nitrogen and oxygen atoms in total. The third kappa shape index (κ3) is 6.31. The van der Waals surface area contributed by atoms with Gasteiger partial charge in [0.05, 0.1) is 18.3 Å². The van der Waals surface area contributed by atoms with Crippen LogP contribution in [0.3, 0.4) is 0 Å². The molecule has 3 atom stereocenters. The number of nitrogens with zero attached hydrogens (tertiary/aromatic N) is 1. The monoisotopic (exact) mass is 314 g/mol. The molecule has 1 heterocycles. The van der Waals surface area contributed by atoms with Crippen molar-refractivity contribution >= 4 is 5.91 Å². The van der Waals surface area contributed by atoms with Gasteiger partial charge >= 0.3 is 0 Å². The minimum atomic E-state index is -0.808. The molecule has 0 saturated carbocycles. The first-order valence-electron chi connectivity index (χ1n) is 7.77. The summed E-state index contributed by atoms with van der Waals surface area (Å²) in [5, 5.41) is 28.5. The highest BCUT2D eigenvalue weighted by atomic mass is 16.3. The molecular formula is C15H30N4O3. The molecule has 1 aliphatic heterocycles. The van der Waals surface area contributed by atoms with Crippen molar-refractivity contribution < 1.29 is 15.0 Å². The van der Waals surface area contributed by atoms with Crippen molar-refractivity contribution in [1.29, 1.82) is 0 Å². The maximum Gasteiger partial charge on any atom is 0.220 e. The van der Waals surface area contributed by atoms with Crippen LogP contribution in [0.2, 0.25) is 0 Å². The van der Waals surface area contributed by atoms with Gasteiger partial charge in [0.2, 0.25) is 5.91 Å². The summed E-state index contributed by atoms with van der Waals surface area (Å²) >= 11 is 0. The van der Waals surface area contributed by atoms with E-state index in [-0.39, 0.29) is 29.8 Å². The molecule has 0 bridgehead atoms. The van der Waals surface area contributed by atoms with Crippen LogP contribution in [0.15, 0.2) is 12.3 Å². The molecule has 7 heteroatoms. The molecule has 0 aliphatic carbocycles. The zero-order chi connectivity index (χ0) is 16.8. The third-order valence-corrected chi connectivity index (χ3v) is 3.71. The molecule has 0 aromatic heterocycles. The second-order valence-corrected chi connectivity index (χ2v) is 6.43. The minimum Gasteiger partial charge on any atom is -0.512 e. The molecule has 5 N–H and O–H groups in total. The molecule has 0 aromatic carbocycles. The van der Waals surface area contributed by atoms with Crippen LogP contribution in [0.25, 0.3) is 0 Å². The number of hydrogen-bond donors (Lipinski definition) is 5. The topological polar surface area (TPSA) is 96.9 Å². The zero-order valence-electron chi connectivity index (χ0n) is 13.9. The summed E-state index contributed by atoms with van der Waals surface area (Å²) in [5.74, 6) is 0.0309. The van der Waals surface area contributed by atoms with E-state index in [1.807, 2.05) is 20.9 Å². The lowest BCUT2D eigenvalue weighted by Gasteiger charge is -2.45.